The van der Waals surface area contributed by atoms with Gasteiger partial charge >= 0.3 is 0 Å². The van der Waals surface area contributed by atoms with Crippen LogP contribution in [-0.2, 0) is 0 Å². The molecule has 24 heavy (non-hydrogen) atoms. The summed E-state index contributed by atoms with van der Waals surface area (Å²) in [6, 6.07) is 11.8. The number of nitrogens with one attached hydrogen (secondary N) is 2. The summed E-state index contributed by atoms with van der Waals surface area (Å²) < 4.78 is 5.22. The van der Waals surface area contributed by atoms with E-state index in [0.717, 1.165) is 33.5 Å². The monoisotopic (exact) mass is 322 g/mol. The zero-order valence-corrected chi connectivity index (χ0v) is 14.4. The molecule has 2 N–H and O–H groups in total. The molecule has 124 valence electrons. The quantitative estimate of drug-likeness (QED) is 0.720. The van der Waals surface area contributed by atoms with Crippen LogP contribution in [0.3, 0.4) is 0 Å². The number of fused-ring (bicyclic) bond motifs is 1. The fourth-order valence-electron chi connectivity index (χ4n) is 2.94. The van der Waals surface area contributed by atoms with Crippen molar-refractivity contribution in [3.63, 3.8) is 0 Å². The first-order chi connectivity index (χ1) is 11.5. The lowest BCUT2D eigenvalue weighted by Gasteiger charge is -2.16. The van der Waals surface area contributed by atoms with E-state index in [0.29, 0.717) is 11.5 Å². The summed E-state index contributed by atoms with van der Waals surface area (Å²) in [7, 11) is 1.63. The van der Waals surface area contributed by atoms with Crippen molar-refractivity contribution in [3.8, 4) is 5.75 Å². The van der Waals surface area contributed by atoms with Crippen LogP contribution in [0.15, 0.2) is 42.6 Å². The van der Waals surface area contributed by atoms with Crippen molar-refractivity contribution in [2.75, 3.05) is 12.4 Å². The number of anilines is 1. The van der Waals surface area contributed by atoms with E-state index >= 15 is 0 Å². The fourth-order valence-corrected chi connectivity index (χ4v) is 2.94. The summed E-state index contributed by atoms with van der Waals surface area (Å²) in [6.07, 6.45) is 1.74. The van der Waals surface area contributed by atoms with E-state index in [2.05, 4.69) is 30.2 Å². The van der Waals surface area contributed by atoms with E-state index in [1.54, 1.807) is 13.3 Å². The highest BCUT2D eigenvalue weighted by molar-refractivity contribution is 6.13. The number of H-pyrrole nitrogens is 1. The van der Waals surface area contributed by atoms with Gasteiger partial charge in [-0.05, 0) is 36.1 Å². The predicted octanol–water partition coefficient (Wildman–Crippen LogP) is 4.86. The van der Waals surface area contributed by atoms with E-state index in [9.17, 15) is 4.79 Å². The average Bonchev–Trinajstić information content (AvgIpc) is 2.99. The smallest absolute Gasteiger partial charge is 0.257 e. The van der Waals surface area contributed by atoms with Crippen LogP contribution in [0, 0.1) is 6.92 Å². The summed E-state index contributed by atoms with van der Waals surface area (Å²) in [6.45, 7) is 6.27. The van der Waals surface area contributed by atoms with Gasteiger partial charge in [0.1, 0.15) is 5.75 Å². The SMILES string of the molecule is COc1ccc2c(C(=O)Nc3c(C)cccc3C(C)C)c[nH]c2c1. The molecule has 0 bridgehead atoms. The first-order valence-electron chi connectivity index (χ1n) is 8.07. The standard InChI is InChI=1S/C20H22N2O2/c1-12(2)15-7-5-6-13(3)19(15)22-20(23)17-11-21-18-10-14(24-4)8-9-16(17)18/h5-12,21H,1-4H3,(H,22,23). The number of amides is 1. The Hall–Kier alpha value is -2.75. The van der Waals surface area contributed by atoms with Crippen LogP contribution in [0.25, 0.3) is 10.9 Å². The molecule has 1 aromatic heterocycles. The minimum atomic E-state index is -0.109. The highest BCUT2D eigenvalue weighted by atomic mass is 16.5. The lowest BCUT2D eigenvalue weighted by Crippen LogP contribution is -2.14. The van der Waals surface area contributed by atoms with Crippen LogP contribution in [0.1, 0.15) is 41.3 Å². The molecule has 0 fully saturated rings. The molecule has 1 amide bonds. The van der Waals surface area contributed by atoms with Gasteiger partial charge in [-0.2, -0.15) is 0 Å². The van der Waals surface area contributed by atoms with E-state index in [1.807, 2.05) is 37.3 Å². The van der Waals surface area contributed by atoms with Crippen LogP contribution in [-0.4, -0.2) is 18.0 Å². The van der Waals surface area contributed by atoms with Crippen molar-refractivity contribution in [3.05, 3.63) is 59.3 Å². The van der Waals surface area contributed by atoms with Crippen molar-refractivity contribution in [1.82, 2.24) is 4.98 Å². The van der Waals surface area contributed by atoms with Crippen molar-refractivity contribution < 1.29 is 9.53 Å². The zero-order chi connectivity index (χ0) is 17.3. The van der Waals surface area contributed by atoms with E-state index in [4.69, 9.17) is 4.74 Å². The second kappa shape index (κ2) is 6.40. The second-order valence-electron chi connectivity index (χ2n) is 6.26. The van der Waals surface area contributed by atoms with E-state index in [1.165, 1.54) is 0 Å². The number of rotatable bonds is 4. The van der Waals surface area contributed by atoms with Gasteiger partial charge in [0, 0.05) is 28.9 Å². The number of aromatic nitrogens is 1. The third kappa shape index (κ3) is 2.87. The van der Waals surface area contributed by atoms with Gasteiger partial charge in [0.05, 0.1) is 12.7 Å². The maximum absolute atomic E-state index is 12.8. The number of hydrogen-bond donors (Lipinski definition) is 2. The van der Waals surface area contributed by atoms with Crippen molar-refractivity contribution in [1.29, 1.82) is 0 Å². The van der Waals surface area contributed by atoms with Crippen LogP contribution >= 0.6 is 0 Å². The van der Waals surface area contributed by atoms with Crippen LogP contribution < -0.4 is 10.1 Å². The first kappa shape index (κ1) is 16.1. The van der Waals surface area contributed by atoms with E-state index in [-0.39, 0.29) is 5.91 Å². The number of aryl methyl sites for hydroxylation is 1. The number of ether oxygens (including phenoxy) is 1. The number of benzene rings is 2. The summed E-state index contributed by atoms with van der Waals surface area (Å²) in [5, 5.41) is 3.98. The lowest BCUT2D eigenvalue weighted by atomic mass is 9.98. The normalized spacial score (nSPS) is 11.0. The Morgan fingerprint density at radius 3 is 2.71 bits per heavy atom. The average molecular weight is 322 g/mol. The molecule has 0 aliphatic heterocycles. The topological polar surface area (TPSA) is 54.1 Å². The third-order valence-corrected chi connectivity index (χ3v) is 4.30. The Kier molecular flexibility index (Phi) is 4.30. The van der Waals surface area contributed by atoms with Gasteiger partial charge < -0.3 is 15.0 Å². The molecule has 3 aromatic rings. The van der Waals surface area contributed by atoms with Crippen LogP contribution in [0.2, 0.25) is 0 Å². The molecule has 0 radical (unpaired) electrons. The van der Waals surface area contributed by atoms with Gasteiger partial charge in [0.25, 0.3) is 5.91 Å². The Bertz CT molecular complexity index is 894. The van der Waals surface area contributed by atoms with Crippen LogP contribution in [0.4, 0.5) is 5.69 Å². The number of carbonyl (C=O) groups is 1. The highest BCUT2D eigenvalue weighted by Crippen LogP contribution is 2.29. The fraction of sp³-hybridized carbons (Fsp3) is 0.250. The Morgan fingerprint density at radius 2 is 2.00 bits per heavy atom. The van der Waals surface area contributed by atoms with Gasteiger partial charge in [-0.1, -0.05) is 32.0 Å². The third-order valence-electron chi connectivity index (χ3n) is 4.30. The Morgan fingerprint density at radius 1 is 1.21 bits per heavy atom. The Balaban J connectivity index is 1.97. The molecule has 0 aliphatic carbocycles. The zero-order valence-electron chi connectivity index (χ0n) is 14.4. The molecule has 0 spiro atoms. The summed E-state index contributed by atoms with van der Waals surface area (Å²) in [5.41, 5.74) is 4.63. The molecular weight excluding hydrogens is 300 g/mol. The van der Waals surface area contributed by atoms with E-state index < -0.39 is 0 Å². The van der Waals surface area contributed by atoms with Crippen LogP contribution in [0.5, 0.6) is 5.75 Å². The maximum atomic E-state index is 12.8. The number of methoxy groups -OCH3 is 1. The second-order valence-corrected chi connectivity index (χ2v) is 6.26. The number of para-hydroxylation sites is 1. The van der Waals surface area contributed by atoms with Gasteiger partial charge in [-0.25, -0.2) is 0 Å². The molecule has 0 unspecified atom stereocenters. The first-order valence-corrected chi connectivity index (χ1v) is 8.07. The van der Waals surface area contributed by atoms with Crippen molar-refractivity contribution in [2.45, 2.75) is 26.7 Å². The van der Waals surface area contributed by atoms with Gasteiger partial charge in [-0.15, -0.1) is 0 Å². The van der Waals surface area contributed by atoms with Gasteiger partial charge in [0.2, 0.25) is 0 Å². The molecule has 0 saturated heterocycles. The maximum Gasteiger partial charge on any atom is 0.257 e. The largest absolute Gasteiger partial charge is 0.497 e. The molecular formula is C20H22N2O2. The molecule has 2 aromatic carbocycles. The molecule has 4 nitrogen and oxygen atoms in total. The molecule has 0 atom stereocenters. The predicted molar refractivity (Wildman–Crippen MR) is 98.1 cm³/mol. The number of carbonyl (C=O) groups excluding carboxylic acids is 1. The molecule has 0 aliphatic rings. The van der Waals surface area contributed by atoms with Gasteiger partial charge in [-0.3, -0.25) is 4.79 Å². The van der Waals surface area contributed by atoms with Gasteiger partial charge in [0.15, 0.2) is 0 Å². The Labute approximate surface area is 141 Å². The number of hydrogen-bond acceptors (Lipinski definition) is 2. The lowest BCUT2D eigenvalue weighted by molar-refractivity contribution is 0.102. The molecule has 3 rings (SSSR count). The summed E-state index contributed by atoms with van der Waals surface area (Å²) in [5.74, 6) is 0.993. The summed E-state index contributed by atoms with van der Waals surface area (Å²) >= 11 is 0. The molecule has 0 saturated carbocycles. The highest BCUT2D eigenvalue weighted by Gasteiger charge is 2.16. The molecule has 4 heteroatoms. The minimum Gasteiger partial charge on any atom is -0.497 e. The number of aromatic amines is 1. The molecule has 1 heterocycles. The van der Waals surface area contributed by atoms with Crippen molar-refractivity contribution in [2.24, 2.45) is 0 Å². The van der Waals surface area contributed by atoms with Crippen molar-refractivity contribution >= 4 is 22.5 Å². The minimum absolute atomic E-state index is 0.109. The summed E-state index contributed by atoms with van der Waals surface area (Å²) in [4.78, 5) is 15.9.